The lowest BCUT2D eigenvalue weighted by molar-refractivity contribution is -0.123. The van der Waals surface area contributed by atoms with Gasteiger partial charge in [-0.05, 0) is 36.4 Å². The molecule has 2 aromatic carbocycles. The Morgan fingerprint density at radius 3 is 2.32 bits per heavy atom. The highest BCUT2D eigenvalue weighted by atomic mass is 19.1. The van der Waals surface area contributed by atoms with E-state index in [1.54, 1.807) is 53.6 Å². The molecule has 0 spiro atoms. The molecule has 2 saturated heterocycles. The molecule has 2 aromatic rings. The molecule has 6 nitrogen and oxygen atoms in total. The van der Waals surface area contributed by atoms with Crippen LogP contribution in [0.4, 0.5) is 10.1 Å². The monoisotopic (exact) mass is 413 g/mol. The maximum atomic E-state index is 13.4. The van der Waals surface area contributed by atoms with E-state index in [4.69, 9.17) is 0 Å². The van der Waals surface area contributed by atoms with Crippen molar-refractivity contribution in [1.82, 2.24) is 4.90 Å². The van der Waals surface area contributed by atoms with Crippen molar-refractivity contribution in [3.8, 4) is 6.07 Å². The molecule has 0 bridgehead atoms. The number of anilines is 1. The quantitative estimate of drug-likeness (QED) is 0.571. The summed E-state index contributed by atoms with van der Waals surface area (Å²) in [6.45, 7) is 0. The van der Waals surface area contributed by atoms with E-state index in [9.17, 15) is 24.0 Å². The van der Waals surface area contributed by atoms with Gasteiger partial charge in [0.15, 0.2) is 5.78 Å². The number of nitriles is 1. The Morgan fingerprint density at radius 1 is 0.968 bits per heavy atom. The topological polar surface area (TPSA) is 81.5 Å². The molecule has 2 amide bonds. The molecule has 0 N–H and O–H groups in total. The standard InChI is InChI=1S/C24H16FN3O3/c25-16-6-8-17(9-7-16)28-23(30)19-18-12-14(13-26)10-11-27(18)21(20(19)24(28)31)22(29)15-4-2-1-3-5-15/h1-12,18-21H/t18-,19+,20-,21+/m1/s1. The summed E-state index contributed by atoms with van der Waals surface area (Å²) in [5.41, 5.74) is 1.07. The van der Waals surface area contributed by atoms with Gasteiger partial charge < -0.3 is 4.90 Å². The molecule has 31 heavy (non-hydrogen) atoms. The Labute approximate surface area is 177 Å². The minimum Gasteiger partial charge on any atom is -0.359 e. The first-order valence-corrected chi connectivity index (χ1v) is 9.81. The maximum Gasteiger partial charge on any atom is 0.240 e. The minimum absolute atomic E-state index is 0.263. The van der Waals surface area contributed by atoms with Crippen molar-refractivity contribution in [3.63, 3.8) is 0 Å². The summed E-state index contributed by atoms with van der Waals surface area (Å²) in [6, 6.07) is 14.3. The van der Waals surface area contributed by atoms with Gasteiger partial charge in [0.2, 0.25) is 11.8 Å². The predicted octanol–water partition coefficient (Wildman–Crippen LogP) is 2.84. The van der Waals surface area contributed by atoms with Crippen LogP contribution in [-0.4, -0.2) is 34.6 Å². The second kappa shape index (κ2) is 7.03. The van der Waals surface area contributed by atoms with Gasteiger partial charge in [-0.1, -0.05) is 30.3 Å². The summed E-state index contributed by atoms with van der Waals surface area (Å²) in [7, 11) is 0. The van der Waals surface area contributed by atoms with Crippen molar-refractivity contribution < 1.29 is 18.8 Å². The summed E-state index contributed by atoms with van der Waals surface area (Å²) >= 11 is 0. The molecule has 3 aliphatic heterocycles. The molecule has 0 saturated carbocycles. The zero-order valence-corrected chi connectivity index (χ0v) is 16.2. The number of hydrogen-bond donors (Lipinski definition) is 0. The summed E-state index contributed by atoms with van der Waals surface area (Å²) in [5, 5.41) is 9.33. The molecule has 0 radical (unpaired) electrons. The molecular formula is C24H16FN3O3. The van der Waals surface area contributed by atoms with Gasteiger partial charge in [-0.3, -0.25) is 14.4 Å². The zero-order chi connectivity index (χ0) is 21.7. The van der Waals surface area contributed by atoms with Gasteiger partial charge in [-0.25, -0.2) is 9.29 Å². The lowest BCUT2D eigenvalue weighted by atomic mass is 9.86. The molecule has 5 rings (SSSR count). The van der Waals surface area contributed by atoms with Crippen LogP contribution in [0.2, 0.25) is 0 Å². The van der Waals surface area contributed by atoms with Gasteiger partial charge in [0.25, 0.3) is 0 Å². The van der Waals surface area contributed by atoms with Gasteiger partial charge in [-0.2, -0.15) is 5.26 Å². The van der Waals surface area contributed by atoms with E-state index in [0.717, 1.165) is 4.90 Å². The summed E-state index contributed by atoms with van der Waals surface area (Å²) < 4.78 is 13.4. The SMILES string of the molecule is N#CC1=C[C@@H]2[C@@H]3C(=O)N(c4ccc(F)cc4)C(=O)[C@H]3[C@@H](C(=O)c3ccccc3)N2C=C1. The number of hydrogen-bond acceptors (Lipinski definition) is 5. The average molecular weight is 413 g/mol. The third-order valence-electron chi connectivity index (χ3n) is 6.09. The minimum atomic E-state index is -0.908. The van der Waals surface area contributed by atoms with E-state index >= 15 is 0 Å². The summed E-state index contributed by atoms with van der Waals surface area (Å²) in [6.07, 6.45) is 4.83. The number of nitrogens with zero attached hydrogens (tertiary/aromatic N) is 3. The van der Waals surface area contributed by atoms with E-state index in [1.807, 2.05) is 0 Å². The Morgan fingerprint density at radius 2 is 1.65 bits per heavy atom. The molecule has 7 heteroatoms. The first-order valence-electron chi connectivity index (χ1n) is 9.81. The number of fused-ring (bicyclic) bond motifs is 3. The molecule has 0 aromatic heterocycles. The van der Waals surface area contributed by atoms with Crippen molar-refractivity contribution in [3.05, 3.63) is 89.9 Å². The third kappa shape index (κ3) is 2.80. The van der Waals surface area contributed by atoms with E-state index < -0.39 is 41.6 Å². The molecule has 0 aliphatic carbocycles. The zero-order valence-electron chi connectivity index (χ0n) is 16.2. The summed E-state index contributed by atoms with van der Waals surface area (Å²) in [4.78, 5) is 43.0. The van der Waals surface area contributed by atoms with E-state index in [1.165, 1.54) is 24.3 Å². The van der Waals surface area contributed by atoms with Gasteiger partial charge >= 0.3 is 0 Å². The van der Waals surface area contributed by atoms with Gasteiger partial charge in [0.05, 0.1) is 35.2 Å². The fourth-order valence-corrected chi connectivity index (χ4v) is 4.74. The number of allylic oxidation sites excluding steroid dienone is 2. The van der Waals surface area contributed by atoms with Crippen molar-refractivity contribution in [2.45, 2.75) is 12.1 Å². The predicted molar refractivity (Wildman–Crippen MR) is 109 cm³/mol. The molecule has 2 fully saturated rings. The Hall–Kier alpha value is -4.05. The van der Waals surface area contributed by atoms with Gasteiger partial charge in [0, 0.05) is 11.8 Å². The van der Waals surface area contributed by atoms with Crippen molar-refractivity contribution >= 4 is 23.3 Å². The molecule has 4 atom stereocenters. The van der Waals surface area contributed by atoms with Crippen LogP contribution in [0.15, 0.2) is 78.5 Å². The van der Waals surface area contributed by atoms with Crippen molar-refractivity contribution in [2.75, 3.05) is 4.90 Å². The number of rotatable bonds is 3. The molecule has 3 aliphatic rings. The van der Waals surface area contributed by atoms with E-state index in [0.29, 0.717) is 11.1 Å². The number of halogens is 1. The first-order chi connectivity index (χ1) is 15.0. The Bertz CT molecular complexity index is 1200. The maximum absolute atomic E-state index is 13.4. The molecule has 152 valence electrons. The normalized spacial score (nSPS) is 26.4. The smallest absolute Gasteiger partial charge is 0.240 e. The van der Waals surface area contributed by atoms with Crippen molar-refractivity contribution in [2.24, 2.45) is 11.8 Å². The second-order valence-electron chi connectivity index (χ2n) is 7.70. The Kier molecular flexibility index (Phi) is 4.29. The van der Waals surface area contributed by atoms with Crippen LogP contribution in [0.5, 0.6) is 0 Å². The molecule has 0 unspecified atom stereocenters. The highest BCUT2D eigenvalue weighted by Crippen LogP contribution is 2.47. The fourth-order valence-electron chi connectivity index (χ4n) is 4.74. The number of amides is 2. The van der Waals surface area contributed by atoms with Gasteiger partial charge in [-0.15, -0.1) is 0 Å². The van der Waals surface area contributed by atoms with Gasteiger partial charge in [0.1, 0.15) is 11.9 Å². The van der Waals surface area contributed by atoms with Crippen LogP contribution in [0.25, 0.3) is 0 Å². The number of benzene rings is 2. The van der Waals surface area contributed by atoms with Crippen LogP contribution in [0.3, 0.4) is 0 Å². The highest BCUT2D eigenvalue weighted by molar-refractivity contribution is 6.24. The third-order valence-corrected chi connectivity index (χ3v) is 6.09. The number of imide groups is 1. The average Bonchev–Trinajstić information content (AvgIpc) is 3.26. The molecule has 3 heterocycles. The second-order valence-corrected chi connectivity index (χ2v) is 7.70. The van der Waals surface area contributed by atoms with E-state index in [-0.39, 0.29) is 11.5 Å². The van der Waals surface area contributed by atoms with Crippen LogP contribution in [0, 0.1) is 29.0 Å². The van der Waals surface area contributed by atoms with Crippen LogP contribution < -0.4 is 4.90 Å². The number of carbonyl (C=O) groups is 3. The number of carbonyl (C=O) groups excluding carboxylic acids is 3. The molecular weight excluding hydrogens is 397 g/mol. The highest BCUT2D eigenvalue weighted by Gasteiger charge is 2.63. The lowest BCUT2D eigenvalue weighted by Gasteiger charge is -2.32. The lowest BCUT2D eigenvalue weighted by Crippen LogP contribution is -2.46. The van der Waals surface area contributed by atoms with Crippen molar-refractivity contribution in [1.29, 1.82) is 5.26 Å². The largest absolute Gasteiger partial charge is 0.359 e. The van der Waals surface area contributed by atoms with Crippen LogP contribution in [-0.2, 0) is 9.59 Å². The number of Topliss-reactive ketones (excluding diaryl/α,β-unsaturated/α-hetero) is 1. The first kappa shape index (κ1) is 18.9. The fraction of sp³-hybridized carbons (Fsp3) is 0.167. The van der Waals surface area contributed by atoms with Crippen LogP contribution in [0.1, 0.15) is 10.4 Å². The Balaban J connectivity index is 1.61. The van der Waals surface area contributed by atoms with Crippen LogP contribution >= 0.6 is 0 Å². The van der Waals surface area contributed by atoms with E-state index in [2.05, 4.69) is 6.07 Å². The summed E-state index contributed by atoms with van der Waals surface area (Å²) in [5.74, 6) is -3.42. The number of ketones is 1.